The molecular weight excluding hydrogens is 364 g/mol. The number of aryl methyl sites for hydroxylation is 2. The maximum Gasteiger partial charge on any atom is 0.253 e. The molecule has 6 heteroatoms. The highest BCUT2D eigenvalue weighted by atomic mass is 16.5. The molecular formula is C23H28N4O2. The topological polar surface area (TPSA) is 68.2 Å². The third-order valence-electron chi connectivity index (χ3n) is 4.74. The van der Waals surface area contributed by atoms with Gasteiger partial charge in [0.15, 0.2) is 0 Å². The minimum atomic E-state index is -0.0955. The predicted octanol–water partition coefficient (Wildman–Crippen LogP) is 4.32. The van der Waals surface area contributed by atoms with E-state index in [1.165, 1.54) is 0 Å². The van der Waals surface area contributed by atoms with E-state index >= 15 is 0 Å². The van der Waals surface area contributed by atoms with Gasteiger partial charge in [-0.15, -0.1) is 0 Å². The summed E-state index contributed by atoms with van der Waals surface area (Å²) in [6.45, 7) is 7.49. The SMILES string of the molecule is COc1ccc(Nc2ccccc2C(=O)NCC(C)Cn2nc(C)cc2C)cc1. The van der Waals surface area contributed by atoms with Gasteiger partial charge in [0.05, 0.1) is 24.1 Å². The highest BCUT2D eigenvalue weighted by molar-refractivity contribution is 6.00. The summed E-state index contributed by atoms with van der Waals surface area (Å²) in [5.74, 6) is 0.957. The molecule has 29 heavy (non-hydrogen) atoms. The smallest absolute Gasteiger partial charge is 0.253 e. The largest absolute Gasteiger partial charge is 0.497 e. The summed E-state index contributed by atoms with van der Waals surface area (Å²) in [5, 5.41) is 10.9. The fourth-order valence-electron chi connectivity index (χ4n) is 3.20. The minimum absolute atomic E-state index is 0.0955. The second-order valence-electron chi connectivity index (χ2n) is 7.32. The molecule has 3 aromatic rings. The van der Waals surface area contributed by atoms with Crippen LogP contribution in [-0.4, -0.2) is 29.3 Å². The van der Waals surface area contributed by atoms with Gasteiger partial charge in [0.2, 0.25) is 0 Å². The summed E-state index contributed by atoms with van der Waals surface area (Å²) in [5.41, 5.74) is 4.42. The quantitative estimate of drug-likeness (QED) is 0.599. The van der Waals surface area contributed by atoms with E-state index in [1.807, 2.05) is 67.1 Å². The Hall–Kier alpha value is -3.28. The third-order valence-corrected chi connectivity index (χ3v) is 4.74. The van der Waals surface area contributed by atoms with Gasteiger partial charge >= 0.3 is 0 Å². The van der Waals surface area contributed by atoms with Gasteiger partial charge in [0, 0.05) is 24.5 Å². The number of anilines is 2. The Balaban J connectivity index is 1.62. The first kappa shape index (κ1) is 20.5. The Morgan fingerprint density at radius 3 is 2.52 bits per heavy atom. The number of amides is 1. The van der Waals surface area contributed by atoms with Crippen LogP contribution in [0.3, 0.4) is 0 Å². The van der Waals surface area contributed by atoms with Gasteiger partial charge in [-0.3, -0.25) is 9.48 Å². The lowest BCUT2D eigenvalue weighted by atomic mass is 10.1. The van der Waals surface area contributed by atoms with E-state index in [0.29, 0.717) is 12.1 Å². The van der Waals surface area contributed by atoms with Crippen LogP contribution < -0.4 is 15.4 Å². The van der Waals surface area contributed by atoms with Crippen molar-refractivity contribution in [2.45, 2.75) is 27.3 Å². The molecule has 3 rings (SSSR count). The average Bonchev–Trinajstić information content (AvgIpc) is 3.03. The zero-order valence-corrected chi connectivity index (χ0v) is 17.4. The van der Waals surface area contributed by atoms with Crippen LogP contribution in [0.5, 0.6) is 5.75 Å². The summed E-state index contributed by atoms with van der Waals surface area (Å²) >= 11 is 0. The Morgan fingerprint density at radius 2 is 1.86 bits per heavy atom. The van der Waals surface area contributed by atoms with Crippen molar-refractivity contribution < 1.29 is 9.53 Å². The van der Waals surface area contributed by atoms with Crippen LogP contribution in [0.15, 0.2) is 54.6 Å². The van der Waals surface area contributed by atoms with Crippen LogP contribution in [-0.2, 0) is 6.54 Å². The predicted molar refractivity (Wildman–Crippen MR) is 116 cm³/mol. The van der Waals surface area contributed by atoms with Gasteiger partial charge in [0.25, 0.3) is 5.91 Å². The maximum absolute atomic E-state index is 12.8. The lowest BCUT2D eigenvalue weighted by Gasteiger charge is -2.16. The lowest BCUT2D eigenvalue weighted by molar-refractivity contribution is 0.0947. The Kier molecular flexibility index (Phi) is 6.54. The molecule has 0 aliphatic rings. The Morgan fingerprint density at radius 1 is 1.14 bits per heavy atom. The van der Waals surface area contributed by atoms with Gasteiger partial charge in [-0.1, -0.05) is 19.1 Å². The van der Waals surface area contributed by atoms with E-state index in [2.05, 4.69) is 28.7 Å². The zero-order chi connectivity index (χ0) is 20.8. The first-order chi connectivity index (χ1) is 14.0. The van der Waals surface area contributed by atoms with E-state index in [9.17, 15) is 4.79 Å². The number of carbonyl (C=O) groups excluding carboxylic acids is 1. The Labute approximate surface area is 171 Å². The number of carbonyl (C=O) groups is 1. The summed E-state index contributed by atoms with van der Waals surface area (Å²) in [6, 6.07) is 17.2. The molecule has 1 amide bonds. The van der Waals surface area contributed by atoms with Gasteiger partial charge in [-0.05, 0) is 62.2 Å². The van der Waals surface area contributed by atoms with Crippen molar-refractivity contribution in [3.05, 3.63) is 71.5 Å². The molecule has 0 aliphatic carbocycles. The molecule has 0 saturated heterocycles. The van der Waals surface area contributed by atoms with E-state index in [0.717, 1.165) is 35.1 Å². The van der Waals surface area contributed by atoms with E-state index in [1.54, 1.807) is 7.11 Å². The van der Waals surface area contributed by atoms with Crippen molar-refractivity contribution in [1.29, 1.82) is 0 Å². The number of hydrogen-bond acceptors (Lipinski definition) is 4. The molecule has 1 unspecified atom stereocenters. The van der Waals surface area contributed by atoms with Crippen LogP contribution in [0.2, 0.25) is 0 Å². The minimum Gasteiger partial charge on any atom is -0.497 e. The number of rotatable bonds is 8. The molecule has 1 aromatic heterocycles. The second-order valence-corrected chi connectivity index (χ2v) is 7.32. The molecule has 2 aromatic carbocycles. The van der Waals surface area contributed by atoms with Gasteiger partial charge in [-0.2, -0.15) is 5.10 Å². The molecule has 0 bridgehead atoms. The molecule has 6 nitrogen and oxygen atoms in total. The first-order valence-corrected chi connectivity index (χ1v) is 9.75. The second kappa shape index (κ2) is 9.28. The number of para-hydroxylation sites is 1. The van der Waals surface area contributed by atoms with Gasteiger partial charge < -0.3 is 15.4 Å². The number of nitrogens with zero attached hydrogens (tertiary/aromatic N) is 2. The molecule has 2 N–H and O–H groups in total. The summed E-state index contributed by atoms with van der Waals surface area (Å²) in [7, 11) is 1.64. The van der Waals surface area contributed by atoms with E-state index in [4.69, 9.17) is 4.74 Å². The van der Waals surface area contributed by atoms with E-state index in [-0.39, 0.29) is 11.8 Å². The standard InChI is InChI=1S/C23H28N4O2/c1-16(15-27-18(3)13-17(2)26-27)14-24-23(28)21-7-5-6-8-22(21)25-19-9-11-20(29-4)12-10-19/h5-13,16,25H,14-15H2,1-4H3,(H,24,28). The number of methoxy groups -OCH3 is 1. The van der Waals surface area contributed by atoms with Crippen molar-refractivity contribution in [3.63, 3.8) is 0 Å². The summed E-state index contributed by atoms with van der Waals surface area (Å²) in [6.07, 6.45) is 0. The molecule has 0 radical (unpaired) electrons. The molecule has 0 saturated carbocycles. The van der Waals surface area contributed by atoms with Crippen LogP contribution in [0.25, 0.3) is 0 Å². The lowest BCUT2D eigenvalue weighted by Crippen LogP contribution is -2.30. The van der Waals surface area contributed by atoms with Crippen LogP contribution >= 0.6 is 0 Å². The number of nitrogens with one attached hydrogen (secondary N) is 2. The van der Waals surface area contributed by atoms with Crippen molar-refractivity contribution >= 4 is 17.3 Å². The molecule has 1 atom stereocenters. The highest BCUT2D eigenvalue weighted by Crippen LogP contribution is 2.23. The number of ether oxygens (including phenoxy) is 1. The first-order valence-electron chi connectivity index (χ1n) is 9.75. The third kappa shape index (κ3) is 5.38. The van der Waals surface area contributed by atoms with Crippen LogP contribution in [0.1, 0.15) is 28.7 Å². The van der Waals surface area contributed by atoms with Crippen LogP contribution in [0.4, 0.5) is 11.4 Å². The van der Waals surface area contributed by atoms with Crippen molar-refractivity contribution in [1.82, 2.24) is 15.1 Å². The summed E-state index contributed by atoms with van der Waals surface area (Å²) in [4.78, 5) is 12.8. The monoisotopic (exact) mass is 392 g/mol. The Bertz CT molecular complexity index is 963. The summed E-state index contributed by atoms with van der Waals surface area (Å²) < 4.78 is 7.18. The zero-order valence-electron chi connectivity index (χ0n) is 17.4. The van der Waals surface area contributed by atoms with Crippen molar-refractivity contribution in [3.8, 4) is 5.75 Å². The number of hydrogen-bond donors (Lipinski definition) is 2. The normalized spacial score (nSPS) is 11.7. The van der Waals surface area contributed by atoms with Crippen LogP contribution in [0, 0.1) is 19.8 Å². The van der Waals surface area contributed by atoms with E-state index < -0.39 is 0 Å². The highest BCUT2D eigenvalue weighted by Gasteiger charge is 2.13. The fraction of sp³-hybridized carbons (Fsp3) is 0.304. The van der Waals surface area contributed by atoms with Crippen molar-refractivity contribution in [2.24, 2.45) is 5.92 Å². The number of benzene rings is 2. The van der Waals surface area contributed by atoms with Gasteiger partial charge in [-0.25, -0.2) is 0 Å². The molecule has 1 heterocycles. The van der Waals surface area contributed by atoms with Gasteiger partial charge in [0.1, 0.15) is 5.75 Å². The maximum atomic E-state index is 12.8. The molecule has 152 valence electrons. The molecule has 0 aliphatic heterocycles. The molecule has 0 spiro atoms. The average molecular weight is 393 g/mol. The molecule has 0 fully saturated rings. The fourth-order valence-corrected chi connectivity index (χ4v) is 3.20. The van der Waals surface area contributed by atoms with Crippen molar-refractivity contribution in [2.75, 3.05) is 19.0 Å². The number of aromatic nitrogens is 2.